The van der Waals surface area contributed by atoms with Gasteiger partial charge >= 0.3 is 134 Å². The molecule has 114 valence electrons. The summed E-state index contributed by atoms with van der Waals surface area (Å²) in [6.07, 6.45) is 4.61. The third-order valence-electron chi connectivity index (χ3n) is 4.39. The van der Waals surface area contributed by atoms with Crippen molar-refractivity contribution in [1.82, 2.24) is 5.12 Å². The van der Waals surface area contributed by atoms with Crippen LogP contribution in [0.5, 0.6) is 0 Å². The molecular weight excluding hydrogens is 386 g/mol. The first-order valence-corrected chi connectivity index (χ1v) is 17.6. The molecule has 0 bridgehead atoms. The van der Waals surface area contributed by atoms with E-state index in [4.69, 9.17) is 4.74 Å². The van der Waals surface area contributed by atoms with Gasteiger partial charge in [-0.05, 0) is 0 Å². The van der Waals surface area contributed by atoms with E-state index in [0.717, 1.165) is 26.6 Å². The van der Waals surface area contributed by atoms with Crippen molar-refractivity contribution < 1.29 is 9.22 Å². The minimum atomic E-state index is -2.53. The first kappa shape index (κ1) is 14.2. The summed E-state index contributed by atoms with van der Waals surface area (Å²) in [5.41, 5.74) is 3.99. The molecule has 0 spiro atoms. The SMILES string of the molecule is [CH3][Sn]([CH3])([CH3])[C]1=CC=C2OCN3C(=C2N1F)Cc1ccccc13. The van der Waals surface area contributed by atoms with Gasteiger partial charge in [0.15, 0.2) is 0 Å². The number of anilines is 1. The third kappa shape index (κ3) is 2.00. The maximum atomic E-state index is 15.2. The molecule has 1 aromatic rings. The molecule has 0 unspecified atom stereocenters. The van der Waals surface area contributed by atoms with E-state index in [2.05, 4.69) is 31.9 Å². The number of hydrogen-bond donors (Lipinski definition) is 0. The number of halogens is 1. The zero-order valence-corrected chi connectivity index (χ0v) is 15.9. The molecule has 0 saturated heterocycles. The fraction of sp³-hybridized carbons (Fsp3) is 0.294. The molecule has 22 heavy (non-hydrogen) atoms. The first-order valence-electron chi connectivity index (χ1n) is 7.57. The number of benzene rings is 1. The summed E-state index contributed by atoms with van der Waals surface area (Å²) >= 11 is -2.53. The van der Waals surface area contributed by atoms with E-state index in [1.54, 1.807) is 0 Å². The molecule has 0 aliphatic carbocycles. The van der Waals surface area contributed by atoms with Crippen molar-refractivity contribution in [3.63, 3.8) is 0 Å². The summed E-state index contributed by atoms with van der Waals surface area (Å²) in [7, 11) is 0. The fourth-order valence-electron chi connectivity index (χ4n) is 3.27. The van der Waals surface area contributed by atoms with Gasteiger partial charge in [0.05, 0.1) is 0 Å². The Bertz CT molecular complexity index is 745. The summed E-state index contributed by atoms with van der Waals surface area (Å²) in [5.74, 6) is 0.654. The average molecular weight is 405 g/mol. The summed E-state index contributed by atoms with van der Waals surface area (Å²) in [4.78, 5) is 8.77. The van der Waals surface area contributed by atoms with E-state index < -0.39 is 18.4 Å². The molecule has 3 nitrogen and oxygen atoms in total. The molecule has 4 rings (SSSR count). The summed E-state index contributed by atoms with van der Waals surface area (Å²) in [6, 6.07) is 8.23. The Hall–Kier alpha value is -1.43. The van der Waals surface area contributed by atoms with E-state index in [-0.39, 0.29) is 0 Å². The molecule has 0 radical (unpaired) electrons. The van der Waals surface area contributed by atoms with Gasteiger partial charge in [-0.25, -0.2) is 0 Å². The third-order valence-corrected chi connectivity index (χ3v) is 9.81. The van der Waals surface area contributed by atoms with Crippen LogP contribution in [-0.2, 0) is 11.2 Å². The normalized spacial score (nSPS) is 20.0. The number of hydrogen-bond acceptors (Lipinski definition) is 3. The van der Waals surface area contributed by atoms with E-state index in [0.29, 0.717) is 18.2 Å². The molecule has 0 atom stereocenters. The van der Waals surface area contributed by atoms with Gasteiger partial charge in [-0.2, -0.15) is 0 Å². The second-order valence-electron chi connectivity index (χ2n) is 6.92. The van der Waals surface area contributed by atoms with Gasteiger partial charge in [0.2, 0.25) is 0 Å². The zero-order chi connectivity index (χ0) is 15.5. The van der Waals surface area contributed by atoms with Crippen LogP contribution in [0.1, 0.15) is 5.56 Å². The molecule has 0 N–H and O–H groups in total. The fourth-order valence-corrected chi connectivity index (χ4v) is 6.94. The summed E-state index contributed by atoms with van der Waals surface area (Å²) < 4.78 is 21.8. The second kappa shape index (κ2) is 4.78. The summed E-state index contributed by atoms with van der Waals surface area (Å²) in [6.45, 7) is 0.456. The van der Waals surface area contributed by atoms with Crippen LogP contribution >= 0.6 is 0 Å². The Balaban J connectivity index is 1.85. The van der Waals surface area contributed by atoms with Crippen LogP contribution in [0, 0.1) is 0 Å². The second-order valence-corrected chi connectivity index (χ2v) is 21.2. The average Bonchev–Trinajstić information content (AvgIpc) is 2.84. The summed E-state index contributed by atoms with van der Waals surface area (Å²) in [5, 5.41) is 0.902. The van der Waals surface area contributed by atoms with Gasteiger partial charge in [0.25, 0.3) is 0 Å². The number of nitrogens with zero attached hydrogens (tertiary/aromatic N) is 2. The molecule has 0 aromatic heterocycles. The number of rotatable bonds is 1. The van der Waals surface area contributed by atoms with Crippen molar-refractivity contribution in [2.45, 2.75) is 21.2 Å². The van der Waals surface area contributed by atoms with Crippen LogP contribution in [0.4, 0.5) is 10.2 Å². The molecule has 3 aliphatic heterocycles. The van der Waals surface area contributed by atoms with Gasteiger partial charge in [-0.3, -0.25) is 0 Å². The van der Waals surface area contributed by atoms with Crippen molar-refractivity contribution in [3.05, 3.63) is 62.8 Å². The Kier molecular flexibility index (Phi) is 3.08. The van der Waals surface area contributed by atoms with E-state index >= 15 is 4.48 Å². The number of para-hydroxylation sites is 1. The predicted molar refractivity (Wildman–Crippen MR) is 88.1 cm³/mol. The first-order chi connectivity index (χ1) is 10.5. The number of fused-ring (bicyclic) bond motifs is 4. The van der Waals surface area contributed by atoms with Crippen LogP contribution in [0.3, 0.4) is 0 Å². The van der Waals surface area contributed by atoms with Crippen LogP contribution < -0.4 is 4.90 Å². The number of ether oxygens (including phenoxy) is 1. The predicted octanol–water partition coefficient (Wildman–Crippen LogP) is 4.09. The monoisotopic (exact) mass is 406 g/mol. The minimum absolute atomic E-state index is 0.456. The van der Waals surface area contributed by atoms with Gasteiger partial charge < -0.3 is 0 Å². The van der Waals surface area contributed by atoms with Gasteiger partial charge in [0, 0.05) is 0 Å². The van der Waals surface area contributed by atoms with Crippen molar-refractivity contribution in [1.29, 1.82) is 0 Å². The van der Waals surface area contributed by atoms with Crippen molar-refractivity contribution in [2.24, 2.45) is 0 Å². The molecule has 0 fully saturated rings. The van der Waals surface area contributed by atoms with Crippen LogP contribution in [-0.4, -0.2) is 30.2 Å². The number of allylic oxidation sites excluding steroid dienone is 3. The quantitative estimate of drug-likeness (QED) is 0.517. The van der Waals surface area contributed by atoms with Crippen molar-refractivity contribution in [2.75, 3.05) is 11.6 Å². The van der Waals surface area contributed by atoms with Crippen LogP contribution in [0.15, 0.2) is 57.3 Å². The van der Waals surface area contributed by atoms with Gasteiger partial charge in [-0.1, -0.05) is 0 Å². The zero-order valence-electron chi connectivity index (χ0n) is 13.1. The molecular formula is C17H19FN2OSn. The van der Waals surface area contributed by atoms with Gasteiger partial charge in [-0.15, -0.1) is 0 Å². The molecule has 5 heteroatoms. The van der Waals surface area contributed by atoms with E-state index in [9.17, 15) is 0 Å². The topological polar surface area (TPSA) is 15.7 Å². The van der Waals surface area contributed by atoms with Gasteiger partial charge in [0.1, 0.15) is 0 Å². The molecule has 0 saturated carbocycles. The van der Waals surface area contributed by atoms with Crippen molar-refractivity contribution in [3.8, 4) is 0 Å². The van der Waals surface area contributed by atoms with E-state index in [1.165, 1.54) is 5.56 Å². The molecule has 3 aliphatic rings. The Morgan fingerprint density at radius 3 is 2.68 bits per heavy atom. The standard InChI is InChI=1S/C14H10FN2O.3CH3.Sn/c15-17-7-3-6-13-14(17)12-8-10-4-1-2-5-11(10)16(12)9-18-13;;;;/h1-6H,8-9H2;3*1H3;. The molecule has 3 heterocycles. The molecule has 1 aromatic carbocycles. The molecule has 0 amide bonds. The Morgan fingerprint density at radius 1 is 1.14 bits per heavy atom. The van der Waals surface area contributed by atoms with Crippen molar-refractivity contribution >= 4 is 24.1 Å². The van der Waals surface area contributed by atoms with E-state index in [1.807, 2.05) is 24.3 Å². The maximum absolute atomic E-state index is 15.2. The Morgan fingerprint density at radius 2 is 1.91 bits per heavy atom. The van der Waals surface area contributed by atoms with Crippen LogP contribution in [0.25, 0.3) is 0 Å². The Labute approximate surface area is 134 Å². The van der Waals surface area contributed by atoms with Crippen LogP contribution in [0.2, 0.25) is 14.8 Å².